The molecule has 0 bridgehead atoms. The molecule has 7 nitrogen and oxygen atoms in total. The minimum atomic E-state index is -4.35. The third kappa shape index (κ3) is 3.75. The monoisotopic (exact) mass is 342 g/mol. The van der Waals surface area contributed by atoms with E-state index in [2.05, 4.69) is 20.8 Å². The van der Waals surface area contributed by atoms with Crippen molar-refractivity contribution in [2.75, 3.05) is 18.4 Å². The first-order chi connectivity index (χ1) is 11.3. The van der Waals surface area contributed by atoms with Crippen molar-refractivity contribution < 1.29 is 18.0 Å². The summed E-state index contributed by atoms with van der Waals surface area (Å²) in [4.78, 5) is 12.5. The van der Waals surface area contributed by atoms with Gasteiger partial charge in [0.2, 0.25) is 5.91 Å². The average molecular weight is 342 g/mol. The number of rotatable bonds is 4. The molecule has 1 amide bonds. The minimum Gasteiger partial charge on any atom is -0.323 e. The first kappa shape index (κ1) is 16.5. The van der Waals surface area contributed by atoms with E-state index in [9.17, 15) is 18.0 Å². The Bertz CT molecular complexity index is 722. The van der Waals surface area contributed by atoms with Crippen LogP contribution in [0.1, 0.15) is 11.5 Å². The topological polar surface area (TPSA) is 76.8 Å². The summed E-state index contributed by atoms with van der Waals surface area (Å²) in [5.41, 5.74) is 1.21. The Morgan fingerprint density at radius 3 is 2.79 bits per heavy atom. The van der Waals surface area contributed by atoms with Crippen molar-refractivity contribution in [3.8, 4) is 0 Å². The lowest BCUT2D eigenvalue weighted by Gasteiger charge is -2.16. The molecule has 2 N–H and O–H groups in total. The molecule has 10 heteroatoms. The van der Waals surface area contributed by atoms with Gasteiger partial charge in [-0.25, -0.2) is 0 Å². The number of carbonyl (C=O) groups is 1. The molecule has 24 heavy (non-hydrogen) atoms. The van der Waals surface area contributed by atoms with Gasteiger partial charge in [0.15, 0.2) is 0 Å². The second kappa shape index (κ2) is 6.27. The Kier molecular flexibility index (Phi) is 4.31. The van der Waals surface area contributed by atoms with Crippen LogP contribution >= 0.6 is 0 Å². The Balaban J connectivity index is 1.66. The molecule has 2 aromatic rings. The number of hydrogen-bond donors (Lipinski definition) is 2. The summed E-state index contributed by atoms with van der Waals surface area (Å²) >= 11 is 0. The Labute approximate surface area is 135 Å². The van der Waals surface area contributed by atoms with Crippen molar-refractivity contribution in [1.82, 2.24) is 24.9 Å². The minimum absolute atomic E-state index is 0.0241. The molecular formula is C14H17F3N6O. The average Bonchev–Trinajstić information content (AvgIpc) is 3.17. The number of nitrogens with one attached hydrogen (secondary N) is 2. The van der Waals surface area contributed by atoms with Crippen molar-refractivity contribution in [2.24, 2.45) is 13.0 Å². The number of halogens is 3. The molecule has 1 aliphatic rings. The van der Waals surface area contributed by atoms with Gasteiger partial charge in [-0.3, -0.25) is 14.2 Å². The second-order valence-corrected chi connectivity index (χ2v) is 5.85. The SMILES string of the molecule is Cn1cc([C@H]2CNC[C@@H]2C(=O)Nc2cnn(CC(F)(F)F)c2)cn1. The first-order valence-corrected chi connectivity index (χ1v) is 7.41. The van der Waals surface area contributed by atoms with Crippen LogP contribution < -0.4 is 10.6 Å². The fourth-order valence-electron chi connectivity index (χ4n) is 2.87. The van der Waals surface area contributed by atoms with E-state index in [-0.39, 0.29) is 23.4 Å². The zero-order valence-electron chi connectivity index (χ0n) is 12.9. The number of alkyl halides is 3. The second-order valence-electron chi connectivity index (χ2n) is 5.85. The van der Waals surface area contributed by atoms with E-state index in [0.717, 1.165) is 10.2 Å². The molecule has 0 aliphatic carbocycles. The van der Waals surface area contributed by atoms with Gasteiger partial charge in [-0.05, 0) is 5.56 Å². The van der Waals surface area contributed by atoms with Gasteiger partial charge < -0.3 is 10.6 Å². The lowest BCUT2D eigenvalue weighted by atomic mass is 9.90. The summed E-state index contributed by atoms with van der Waals surface area (Å²) in [6, 6.07) is 0. The van der Waals surface area contributed by atoms with Crippen LogP contribution in [0, 0.1) is 5.92 Å². The third-order valence-corrected chi connectivity index (χ3v) is 3.95. The maximum atomic E-state index is 12.5. The van der Waals surface area contributed by atoms with Crippen LogP contribution in [0.4, 0.5) is 18.9 Å². The number of nitrogens with zero attached hydrogens (tertiary/aromatic N) is 4. The quantitative estimate of drug-likeness (QED) is 0.873. The normalized spacial score (nSPS) is 21.2. The first-order valence-electron chi connectivity index (χ1n) is 7.41. The van der Waals surface area contributed by atoms with Crippen LogP contribution in [0.5, 0.6) is 0 Å². The van der Waals surface area contributed by atoms with Crippen molar-refractivity contribution >= 4 is 11.6 Å². The van der Waals surface area contributed by atoms with Gasteiger partial charge in [0.25, 0.3) is 0 Å². The molecule has 3 heterocycles. The van der Waals surface area contributed by atoms with Gasteiger partial charge in [0, 0.05) is 38.4 Å². The summed E-state index contributed by atoms with van der Waals surface area (Å²) in [7, 11) is 1.80. The van der Waals surface area contributed by atoms with Crippen molar-refractivity contribution in [3.63, 3.8) is 0 Å². The van der Waals surface area contributed by atoms with E-state index < -0.39 is 12.7 Å². The highest BCUT2D eigenvalue weighted by atomic mass is 19.4. The lowest BCUT2D eigenvalue weighted by molar-refractivity contribution is -0.142. The van der Waals surface area contributed by atoms with E-state index >= 15 is 0 Å². The fourth-order valence-corrected chi connectivity index (χ4v) is 2.87. The standard InChI is InChI=1S/C14H17F3N6O/c1-22-6-9(2-19-22)11-4-18-5-12(11)13(24)21-10-3-20-23(7-10)8-14(15,16)17/h2-3,6-7,11-12,18H,4-5,8H2,1H3,(H,21,24)/t11-,12+/m1/s1. The van der Waals surface area contributed by atoms with E-state index in [1.165, 1.54) is 12.4 Å². The summed E-state index contributed by atoms with van der Waals surface area (Å²) < 4.78 is 39.4. The lowest BCUT2D eigenvalue weighted by Crippen LogP contribution is -2.27. The number of aromatic nitrogens is 4. The zero-order chi connectivity index (χ0) is 17.3. The summed E-state index contributed by atoms with van der Waals surface area (Å²) in [6.07, 6.45) is 1.62. The molecule has 1 saturated heterocycles. The van der Waals surface area contributed by atoms with E-state index in [1.54, 1.807) is 17.9 Å². The number of amides is 1. The predicted molar refractivity (Wildman–Crippen MR) is 79.2 cm³/mol. The molecule has 0 saturated carbocycles. The summed E-state index contributed by atoms with van der Waals surface area (Å²) in [5.74, 6) is -0.593. The maximum Gasteiger partial charge on any atom is 0.408 e. The third-order valence-electron chi connectivity index (χ3n) is 3.95. The molecule has 1 aliphatic heterocycles. The number of carbonyl (C=O) groups excluding carboxylic acids is 1. The highest BCUT2D eigenvalue weighted by Crippen LogP contribution is 2.29. The van der Waals surface area contributed by atoms with Crippen LogP contribution in [-0.4, -0.2) is 44.7 Å². The van der Waals surface area contributed by atoms with Gasteiger partial charge in [-0.1, -0.05) is 0 Å². The predicted octanol–water partition coefficient (Wildman–Crippen LogP) is 1.12. The Morgan fingerprint density at radius 2 is 2.12 bits per heavy atom. The van der Waals surface area contributed by atoms with Gasteiger partial charge in [-0.2, -0.15) is 23.4 Å². The smallest absolute Gasteiger partial charge is 0.323 e. The highest BCUT2D eigenvalue weighted by molar-refractivity contribution is 5.93. The van der Waals surface area contributed by atoms with Crippen LogP contribution in [0.25, 0.3) is 0 Å². The van der Waals surface area contributed by atoms with Crippen LogP contribution in [0.3, 0.4) is 0 Å². The Morgan fingerprint density at radius 1 is 1.33 bits per heavy atom. The largest absolute Gasteiger partial charge is 0.408 e. The van der Waals surface area contributed by atoms with Crippen molar-refractivity contribution in [2.45, 2.75) is 18.6 Å². The molecule has 3 rings (SSSR count). The van der Waals surface area contributed by atoms with Gasteiger partial charge >= 0.3 is 6.18 Å². The fraction of sp³-hybridized carbons (Fsp3) is 0.500. The molecule has 2 aromatic heterocycles. The molecule has 1 fully saturated rings. The molecule has 2 atom stereocenters. The molecule has 0 unspecified atom stereocenters. The molecule has 0 aromatic carbocycles. The van der Waals surface area contributed by atoms with Gasteiger partial charge in [0.1, 0.15) is 6.54 Å². The van der Waals surface area contributed by atoms with Crippen LogP contribution in [0.15, 0.2) is 24.8 Å². The highest BCUT2D eigenvalue weighted by Gasteiger charge is 2.35. The molecular weight excluding hydrogens is 325 g/mol. The molecule has 0 spiro atoms. The Hall–Kier alpha value is -2.36. The van der Waals surface area contributed by atoms with E-state index in [1.807, 2.05) is 6.20 Å². The van der Waals surface area contributed by atoms with Gasteiger partial charge in [-0.15, -0.1) is 0 Å². The number of hydrogen-bond acceptors (Lipinski definition) is 4. The summed E-state index contributed by atoms with van der Waals surface area (Å²) in [6.45, 7) is -0.0363. The molecule has 130 valence electrons. The van der Waals surface area contributed by atoms with E-state index in [4.69, 9.17) is 0 Å². The molecule has 0 radical (unpaired) electrons. The van der Waals surface area contributed by atoms with E-state index in [0.29, 0.717) is 13.1 Å². The van der Waals surface area contributed by atoms with Crippen LogP contribution in [0.2, 0.25) is 0 Å². The van der Waals surface area contributed by atoms with Crippen molar-refractivity contribution in [3.05, 3.63) is 30.4 Å². The maximum absolute atomic E-state index is 12.5. The number of anilines is 1. The van der Waals surface area contributed by atoms with Gasteiger partial charge in [0.05, 0.1) is 24.0 Å². The number of aryl methyl sites for hydroxylation is 1. The van der Waals surface area contributed by atoms with Crippen molar-refractivity contribution in [1.29, 1.82) is 0 Å². The zero-order valence-corrected chi connectivity index (χ0v) is 12.9. The van der Waals surface area contributed by atoms with Crippen LogP contribution in [-0.2, 0) is 18.4 Å². The summed E-state index contributed by atoms with van der Waals surface area (Å²) in [5, 5.41) is 13.5.